The predicted octanol–water partition coefficient (Wildman–Crippen LogP) is 1.56. The van der Waals surface area contributed by atoms with E-state index in [4.69, 9.17) is 22.1 Å². The number of esters is 1. The predicted molar refractivity (Wildman–Crippen MR) is 92.8 cm³/mol. The van der Waals surface area contributed by atoms with Gasteiger partial charge in [-0.2, -0.15) is 4.98 Å². The highest BCUT2D eigenvalue weighted by atomic mass is 35.5. The summed E-state index contributed by atoms with van der Waals surface area (Å²) >= 11 is 5.90. The standard InChI is InChI=1S/C15H22ClN5O4/c1-15(2,3)25-14(23)21-7-5-20(6-8-21)11-9(17)10(12(22)24-4)18-13(16)19-11/h5-8,17H2,1-4H3. The Morgan fingerprint density at radius 1 is 1.16 bits per heavy atom. The number of halogens is 1. The van der Waals surface area contributed by atoms with E-state index in [0.29, 0.717) is 32.0 Å². The lowest BCUT2D eigenvalue weighted by molar-refractivity contribution is 0.0240. The lowest BCUT2D eigenvalue weighted by atomic mass is 10.2. The summed E-state index contributed by atoms with van der Waals surface area (Å²) in [6.45, 7) is 7.26. The van der Waals surface area contributed by atoms with Crippen LogP contribution < -0.4 is 10.6 Å². The fraction of sp³-hybridized carbons (Fsp3) is 0.600. The van der Waals surface area contributed by atoms with Crippen LogP contribution in [0.25, 0.3) is 0 Å². The maximum atomic E-state index is 12.1. The minimum Gasteiger partial charge on any atom is -0.464 e. The summed E-state index contributed by atoms with van der Waals surface area (Å²) in [6.07, 6.45) is -0.365. The zero-order valence-electron chi connectivity index (χ0n) is 14.7. The smallest absolute Gasteiger partial charge is 0.410 e. The van der Waals surface area contributed by atoms with Crippen LogP contribution in [0.5, 0.6) is 0 Å². The largest absolute Gasteiger partial charge is 0.464 e. The van der Waals surface area contributed by atoms with Crippen molar-refractivity contribution >= 4 is 35.2 Å². The second-order valence-corrected chi connectivity index (χ2v) is 6.86. The number of piperazine rings is 1. The van der Waals surface area contributed by atoms with Crippen molar-refractivity contribution in [1.82, 2.24) is 14.9 Å². The maximum absolute atomic E-state index is 12.1. The molecule has 0 radical (unpaired) electrons. The van der Waals surface area contributed by atoms with Gasteiger partial charge in [-0.25, -0.2) is 14.6 Å². The number of hydrogen-bond acceptors (Lipinski definition) is 8. The molecule has 10 heteroatoms. The van der Waals surface area contributed by atoms with Crippen LogP contribution in [0.3, 0.4) is 0 Å². The number of carbonyl (C=O) groups is 2. The third-order valence-corrected chi connectivity index (χ3v) is 3.68. The minimum absolute atomic E-state index is 0.0768. The Morgan fingerprint density at radius 2 is 1.76 bits per heavy atom. The van der Waals surface area contributed by atoms with Gasteiger partial charge in [-0.05, 0) is 32.4 Å². The van der Waals surface area contributed by atoms with Crippen LogP contribution in [0, 0.1) is 0 Å². The van der Waals surface area contributed by atoms with Crippen LogP contribution in [0.4, 0.5) is 16.3 Å². The van der Waals surface area contributed by atoms with Gasteiger partial charge in [0.15, 0.2) is 11.5 Å². The molecular weight excluding hydrogens is 350 g/mol. The monoisotopic (exact) mass is 371 g/mol. The lowest BCUT2D eigenvalue weighted by Gasteiger charge is -2.36. The Balaban J connectivity index is 2.12. The Morgan fingerprint density at radius 3 is 2.28 bits per heavy atom. The number of nitrogen functional groups attached to an aromatic ring is 1. The first kappa shape index (κ1) is 19.0. The van der Waals surface area contributed by atoms with Crippen molar-refractivity contribution in [3.8, 4) is 0 Å². The molecule has 1 aliphatic rings. The van der Waals surface area contributed by atoms with Crippen molar-refractivity contribution < 1.29 is 19.1 Å². The zero-order chi connectivity index (χ0) is 18.8. The van der Waals surface area contributed by atoms with E-state index in [0.717, 1.165) is 0 Å². The van der Waals surface area contributed by atoms with E-state index in [2.05, 4.69) is 14.7 Å². The first-order valence-electron chi connectivity index (χ1n) is 7.76. The van der Waals surface area contributed by atoms with Gasteiger partial charge in [0, 0.05) is 26.2 Å². The molecule has 1 aromatic rings. The SMILES string of the molecule is COC(=O)c1nc(Cl)nc(N2CCN(C(=O)OC(C)(C)C)CC2)c1N. The number of aromatic nitrogens is 2. The molecule has 0 spiro atoms. The van der Waals surface area contributed by atoms with E-state index in [1.54, 1.807) is 4.90 Å². The zero-order valence-corrected chi connectivity index (χ0v) is 15.5. The van der Waals surface area contributed by atoms with Crippen LogP contribution in [0.1, 0.15) is 31.3 Å². The van der Waals surface area contributed by atoms with Gasteiger partial charge in [0.1, 0.15) is 11.3 Å². The number of ether oxygens (including phenoxy) is 2. The van der Waals surface area contributed by atoms with Crippen molar-refractivity contribution in [2.75, 3.05) is 43.9 Å². The van der Waals surface area contributed by atoms with Crippen LogP contribution >= 0.6 is 11.6 Å². The lowest BCUT2D eigenvalue weighted by Crippen LogP contribution is -2.50. The van der Waals surface area contributed by atoms with E-state index < -0.39 is 11.6 Å². The van der Waals surface area contributed by atoms with Gasteiger partial charge >= 0.3 is 12.1 Å². The molecule has 0 unspecified atom stereocenters. The summed E-state index contributed by atoms with van der Waals surface area (Å²) in [6, 6.07) is 0. The first-order valence-corrected chi connectivity index (χ1v) is 8.14. The average Bonchev–Trinajstić information content (AvgIpc) is 2.54. The number of anilines is 2. The Bertz CT molecular complexity index is 669. The summed E-state index contributed by atoms with van der Waals surface area (Å²) in [5.74, 6) is -0.334. The molecule has 0 bridgehead atoms. The number of nitrogens with two attached hydrogens (primary N) is 1. The highest BCUT2D eigenvalue weighted by Crippen LogP contribution is 2.27. The molecule has 1 saturated heterocycles. The van der Waals surface area contributed by atoms with Gasteiger partial charge in [0.25, 0.3) is 0 Å². The molecule has 2 rings (SSSR count). The van der Waals surface area contributed by atoms with Gasteiger partial charge in [0.2, 0.25) is 5.28 Å². The summed E-state index contributed by atoms with van der Waals surface area (Å²) in [7, 11) is 1.23. The number of amides is 1. The molecule has 0 atom stereocenters. The molecule has 1 amide bonds. The number of hydrogen-bond donors (Lipinski definition) is 1. The molecule has 0 aromatic carbocycles. The van der Waals surface area contributed by atoms with Crippen LogP contribution in [0.15, 0.2) is 0 Å². The Labute approximate surface area is 151 Å². The second-order valence-electron chi connectivity index (χ2n) is 6.52. The van der Waals surface area contributed by atoms with E-state index in [1.807, 2.05) is 25.7 Å². The fourth-order valence-corrected chi connectivity index (χ4v) is 2.52. The van der Waals surface area contributed by atoms with Crippen LogP contribution in [0.2, 0.25) is 5.28 Å². The van der Waals surface area contributed by atoms with Gasteiger partial charge in [-0.3, -0.25) is 0 Å². The molecule has 1 fully saturated rings. The van der Waals surface area contributed by atoms with E-state index in [9.17, 15) is 9.59 Å². The van der Waals surface area contributed by atoms with Crippen LogP contribution in [-0.2, 0) is 9.47 Å². The van der Waals surface area contributed by atoms with Crippen molar-refractivity contribution in [3.05, 3.63) is 11.0 Å². The fourth-order valence-electron chi connectivity index (χ4n) is 2.35. The normalized spacial score (nSPS) is 15.1. The van der Waals surface area contributed by atoms with Crippen molar-refractivity contribution in [2.45, 2.75) is 26.4 Å². The topological polar surface area (TPSA) is 111 Å². The summed E-state index contributed by atoms with van der Waals surface area (Å²) in [5.41, 5.74) is 5.48. The van der Waals surface area contributed by atoms with E-state index in [-0.39, 0.29) is 22.8 Å². The van der Waals surface area contributed by atoms with E-state index >= 15 is 0 Å². The number of nitrogens with zero attached hydrogens (tertiary/aromatic N) is 4. The molecule has 0 aliphatic carbocycles. The third-order valence-electron chi connectivity index (χ3n) is 3.51. The van der Waals surface area contributed by atoms with Gasteiger partial charge < -0.3 is 25.0 Å². The van der Waals surface area contributed by atoms with Gasteiger partial charge in [-0.15, -0.1) is 0 Å². The molecule has 2 heterocycles. The average molecular weight is 372 g/mol. The molecule has 1 aliphatic heterocycles. The number of carbonyl (C=O) groups excluding carboxylic acids is 2. The highest BCUT2D eigenvalue weighted by molar-refractivity contribution is 6.28. The van der Waals surface area contributed by atoms with E-state index in [1.165, 1.54) is 7.11 Å². The molecule has 9 nitrogen and oxygen atoms in total. The molecule has 0 saturated carbocycles. The van der Waals surface area contributed by atoms with Crippen molar-refractivity contribution in [1.29, 1.82) is 0 Å². The molecular formula is C15H22ClN5O4. The summed E-state index contributed by atoms with van der Waals surface area (Å²) in [4.78, 5) is 35.3. The number of methoxy groups -OCH3 is 1. The number of rotatable bonds is 2. The van der Waals surface area contributed by atoms with Gasteiger partial charge in [-0.1, -0.05) is 0 Å². The van der Waals surface area contributed by atoms with Gasteiger partial charge in [0.05, 0.1) is 7.11 Å². The molecule has 25 heavy (non-hydrogen) atoms. The molecule has 2 N–H and O–H groups in total. The summed E-state index contributed by atoms with van der Waals surface area (Å²) < 4.78 is 10.0. The minimum atomic E-state index is -0.685. The molecule has 138 valence electrons. The van der Waals surface area contributed by atoms with Crippen molar-refractivity contribution in [3.63, 3.8) is 0 Å². The third kappa shape index (κ3) is 4.62. The van der Waals surface area contributed by atoms with Crippen LogP contribution in [-0.4, -0.2) is 65.8 Å². The Hall–Kier alpha value is -2.29. The quantitative estimate of drug-likeness (QED) is 0.615. The Kier molecular flexibility index (Phi) is 5.56. The molecule has 1 aromatic heterocycles. The van der Waals surface area contributed by atoms with Crippen molar-refractivity contribution in [2.24, 2.45) is 0 Å². The second kappa shape index (κ2) is 7.30. The summed E-state index contributed by atoms with van der Waals surface area (Å²) in [5, 5.41) is -0.0980. The highest BCUT2D eigenvalue weighted by Gasteiger charge is 2.28. The first-order chi connectivity index (χ1) is 11.6. The maximum Gasteiger partial charge on any atom is 0.410 e.